The third-order valence-electron chi connectivity index (χ3n) is 5.61. The fourth-order valence-electron chi connectivity index (χ4n) is 4.12. The van der Waals surface area contributed by atoms with Crippen LogP contribution >= 0.6 is 0 Å². The van der Waals surface area contributed by atoms with Gasteiger partial charge >= 0.3 is 0 Å². The monoisotopic (exact) mass is 410 g/mol. The predicted molar refractivity (Wildman–Crippen MR) is 110 cm³/mol. The first kappa shape index (κ1) is 20.1. The van der Waals surface area contributed by atoms with Crippen molar-refractivity contribution in [1.82, 2.24) is 25.1 Å². The van der Waals surface area contributed by atoms with Gasteiger partial charge in [-0.25, -0.2) is 4.68 Å². The van der Waals surface area contributed by atoms with Gasteiger partial charge in [0.05, 0.1) is 25.6 Å². The number of hydrogen-bond acceptors (Lipinski definition) is 7. The molecule has 3 aromatic rings. The van der Waals surface area contributed by atoms with E-state index in [1.54, 1.807) is 30.3 Å². The summed E-state index contributed by atoms with van der Waals surface area (Å²) in [5, 5.41) is 11.3. The second kappa shape index (κ2) is 9.08. The van der Waals surface area contributed by atoms with Gasteiger partial charge in [0.15, 0.2) is 5.76 Å². The molecule has 0 aliphatic carbocycles. The first-order valence-electron chi connectivity index (χ1n) is 10.1. The highest BCUT2D eigenvalue weighted by Crippen LogP contribution is 2.35. The summed E-state index contributed by atoms with van der Waals surface area (Å²) in [6, 6.07) is 11.1. The average molecular weight is 410 g/mol. The van der Waals surface area contributed by atoms with Gasteiger partial charge in [0.2, 0.25) is 0 Å². The molecule has 0 radical (unpaired) electrons. The molecule has 1 fully saturated rings. The molecule has 1 amide bonds. The van der Waals surface area contributed by atoms with E-state index in [0.717, 1.165) is 38.3 Å². The maximum Gasteiger partial charge on any atom is 0.294 e. The number of para-hydroxylation sites is 2. The number of tetrazole rings is 1. The second-order valence-electron chi connectivity index (χ2n) is 7.53. The van der Waals surface area contributed by atoms with Crippen LogP contribution in [0.25, 0.3) is 0 Å². The van der Waals surface area contributed by atoms with Crippen molar-refractivity contribution >= 4 is 11.6 Å². The number of ether oxygens (including phenoxy) is 1. The van der Waals surface area contributed by atoms with E-state index in [1.807, 2.05) is 29.2 Å². The van der Waals surface area contributed by atoms with Crippen molar-refractivity contribution in [2.75, 3.05) is 31.6 Å². The minimum absolute atomic E-state index is 0.0307. The molecule has 1 aromatic carbocycles. The number of nitrogens with zero attached hydrogens (tertiary/aromatic N) is 6. The number of methoxy groups -OCH3 is 1. The molecular weight excluding hydrogens is 384 g/mol. The van der Waals surface area contributed by atoms with Gasteiger partial charge < -0.3 is 14.1 Å². The van der Waals surface area contributed by atoms with E-state index in [4.69, 9.17) is 9.15 Å². The highest BCUT2D eigenvalue weighted by molar-refractivity contribution is 6.05. The van der Waals surface area contributed by atoms with Crippen molar-refractivity contribution in [3.63, 3.8) is 0 Å². The van der Waals surface area contributed by atoms with Gasteiger partial charge in [-0.3, -0.25) is 9.69 Å². The van der Waals surface area contributed by atoms with E-state index < -0.39 is 0 Å². The van der Waals surface area contributed by atoms with Gasteiger partial charge in [-0.05, 0) is 47.0 Å². The Morgan fingerprint density at radius 2 is 2.13 bits per heavy atom. The third-order valence-corrected chi connectivity index (χ3v) is 5.61. The first-order chi connectivity index (χ1) is 14.7. The van der Waals surface area contributed by atoms with Crippen LogP contribution in [0.4, 0.5) is 5.69 Å². The number of benzene rings is 1. The normalized spacial score (nSPS) is 19.5. The molecule has 1 aliphatic heterocycles. The summed E-state index contributed by atoms with van der Waals surface area (Å²) in [5.74, 6) is 1.11. The van der Waals surface area contributed by atoms with Crippen LogP contribution in [0.5, 0.6) is 5.75 Å². The number of anilines is 1. The zero-order valence-corrected chi connectivity index (χ0v) is 17.2. The number of furan rings is 1. The molecule has 2 aromatic heterocycles. The number of hydrogen-bond donors (Lipinski definition) is 0. The molecule has 0 spiro atoms. The van der Waals surface area contributed by atoms with Crippen molar-refractivity contribution in [3.8, 4) is 5.75 Å². The van der Waals surface area contributed by atoms with Gasteiger partial charge in [0.25, 0.3) is 5.91 Å². The summed E-state index contributed by atoms with van der Waals surface area (Å²) in [4.78, 5) is 17.7. The van der Waals surface area contributed by atoms with Crippen LogP contribution < -0.4 is 9.64 Å². The van der Waals surface area contributed by atoms with Crippen LogP contribution in [-0.4, -0.2) is 63.8 Å². The second-order valence-corrected chi connectivity index (χ2v) is 7.53. The lowest BCUT2D eigenvalue weighted by atomic mass is 9.91. The van der Waals surface area contributed by atoms with Crippen LogP contribution in [0.3, 0.4) is 0 Å². The Kier molecular flexibility index (Phi) is 6.08. The topological polar surface area (TPSA) is 89.5 Å². The molecule has 158 valence electrons. The van der Waals surface area contributed by atoms with Crippen molar-refractivity contribution in [1.29, 1.82) is 0 Å². The highest BCUT2D eigenvalue weighted by Gasteiger charge is 2.36. The molecule has 3 heterocycles. The molecule has 0 bridgehead atoms. The SMILES string of the molecule is COc1ccccc1N(C(=O)c1ccco1)C1CCN(CCn2cnnn2)CC1C. The zero-order chi connectivity index (χ0) is 20.9. The molecule has 30 heavy (non-hydrogen) atoms. The Morgan fingerprint density at radius 1 is 1.27 bits per heavy atom. The fourth-order valence-corrected chi connectivity index (χ4v) is 4.12. The van der Waals surface area contributed by atoms with E-state index in [9.17, 15) is 4.79 Å². The van der Waals surface area contributed by atoms with E-state index in [-0.39, 0.29) is 17.9 Å². The number of aromatic nitrogens is 4. The summed E-state index contributed by atoms with van der Waals surface area (Å²) in [7, 11) is 1.62. The van der Waals surface area contributed by atoms with E-state index in [2.05, 4.69) is 27.3 Å². The number of carbonyl (C=O) groups excluding carboxylic acids is 1. The Balaban J connectivity index is 1.54. The van der Waals surface area contributed by atoms with Crippen LogP contribution in [0.2, 0.25) is 0 Å². The van der Waals surface area contributed by atoms with E-state index in [1.165, 1.54) is 6.26 Å². The molecule has 0 saturated carbocycles. The molecule has 9 nitrogen and oxygen atoms in total. The number of likely N-dealkylation sites (tertiary alicyclic amines) is 1. The molecule has 1 saturated heterocycles. The van der Waals surface area contributed by atoms with Gasteiger partial charge in [0.1, 0.15) is 12.1 Å². The number of rotatable bonds is 7. The number of piperidine rings is 1. The third kappa shape index (κ3) is 4.20. The largest absolute Gasteiger partial charge is 0.495 e. The first-order valence-corrected chi connectivity index (χ1v) is 10.1. The van der Waals surface area contributed by atoms with Crippen LogP contribution in [0, 0.1) is 5.92 Å². The summed E-state index contributed by atoms with van der Waals surface area (Å²) < 4.78 is 12.7. The maximum atomic E-state index is 13.4. The van der Waals surface area contributed by atoms with Crippen LogP contribution in [-0.2, 0) is 6.54 Å². The van der Waals surface area contributed by atoms with Crippen LogP contribution in [0.15, 0.2) is 53.4 Å². The Morgan fingerprint density at radius 3 is 2.83 bits per heavy atom. The van der Waals surface area contributed by atoms with Gasteiger partial charge in [-0.2, -0.15) is 0 Å². The lowest BCUT2D eigenvalue weighted by molar-refractivity contribution is 0.0902. The summed E-state index contributed by atoms with van der Waals surface area (Å²) in [6.45, 7) is 5.55. The van der Waals surface area contributed by atoms with Crippen molar-refractivity contribution < 1.29 is 13.9 Å². The van der Waals surface area contributed by atoms with Crippen molar-refractivity contribution in [2.45, 2.75) is 25.9 Å². The molecule has 2 atom stereocenters. The molecular formula is C21H26N6O3. The standard InChI is InChI=1S/C21H26N6O3/c1-16-14-25(11-12-26-15-22-23-24-26)10-9-17(16)27(21(28)20-8-5-13-30-20)18-6-3-4-7-19(18)29-2/h3-8,13,15-17H,9-12,14H2,1-2H3. The number of carbonyl (C=O) groups is 1. The predicted octanol–water partition coefficient (Wildman–Crippen LogP) is 2.33. The number of amides is 1. The summed E-state index contributed by atoms with van der Waals surface area (Å²) >= 11 is 0. The Bertz CT molecular complexity index is 944. The Hall–Kier alpha value is -3.20. The lowest BCUT2D eigenvalue weighted by Gasteiger charge is -2.42. The quantitative estimate of drug-likeness (QED) is 0.590. The molecule has 4 rings (SSSR count). The fraction of sp³-hybridized carbons (Fsp3) is 0.429. The van der Waals surface area contributed by atoms with E-state index in [0.29, 0.717) is 11.5 Å². The van der Waals surface area contributed by atoms with E-state index >= 15 is 0 Å². The molecule has 2 unspecified atom stereocenters. The van der Waals surface area contributed by atoms with Crippen molar-refractivity contribution in [3.05, 3.63) is 54.7 Å². The van der Waals surface area contributed by atoms with Gasteiger partial charge in [0, 0.05) is 25.7 Å². The average Bonchev–Trinajstić information content (AvgIpc) is 3.48. The molecule has 0 N–H and O–H groups in total. The van der Waals surface area contributed by atoms with Gasteiger partial charge in [-0.1, -0.05) is 19.1 Å². The molecule has 1 aliphatic rings. The minimum atomic E-state index is -0.150. The Labute approximate surface area is 175 Å². The zero-order valence-electron chi connectivity index (χ0n) is 17.2. The molecule has 9 heteroatoms. The lowest BCUT2D eigenvalue weighted by Crippen LogP contribution is -2.53. The maximum absolute atomic E-state index is 13.4. The van der Waals surface area contributed by atoms with Gasteiger partial charge in [-0.15, -0.1) is 5.10 Å². The highest BCUT2D eigenvalue weighted by atomic mass is 16.5. The van der Waals surface area contributed by atoms with Crippen molar-refractivity contribution in [2.24, 2.45) is 5.92 Å². The minimum Gasteiger partial charge on any atom is -0.495 e. The summed E-state index contributed by atoms with van der Waals surface area (Å²) in [6.07, 6.45) is 4.00. The summed E-state index contributed by atoms with van der Waals surface area (Å²) in [5.41, 5.74) is 0.764. The smallest absolute Gasteiger partial charge is 0.294 e. The van der Waals surface area contributed by atoms with Crippen LogP contribution in [0.1, 0.15) is 23.9 Å².